The van der Waals surface area contributed by atoms with Gasteiger partial charge in [0.1, 0.15) is 0 Å². The van der Waals surface area contributed by atoms with Gasteiger partial charge in [0.15, 0.2) is 0 Å². The SMILES string of the molecule is c1ccc(-c2ccc(Nc3ccc4sc5c6ccccc6c6ccccc6c5c4c3)cc2)cc1. The third-order valence-electron chi connectivity index (χ3n) is 6.63. The fourth-order valence-electron chi connectivity index (χ4n) is 5.03. The van der Waals surface area contributed by atoms with Gasteiger partial charge < -0.3 is 5.32 Å². The molecule has 0 saturated heterocycles. The minimum absolute atomic E-state index is 1.09. The zero-order valence-electron chi connectivity index (χ0n) is 18.5. The molecule has 0 spiro atoms. The van der Waals surface area contributed by atoms with Crippen LogP contribution in [-0.2, 0) is 0 Å². The average Bonchev–Trinajstić information content (AvgIpc) is 3.29. The van der Waals surface area contributed by atoms with Crippen LogP contribution in [0.2, 0.25) is 0 Å². The van der Waals surface area contributed by atoms with Crippen LogP contribution in [0, 0.1) is 0 Å². The monoisotopic (exact) mass is 451 g/mol. The van der Waals surface area contributed by atoms with Gasteiger partial charge in [0.2, 0.25) is 0 Å². The quantitative estimate of drug-likeness (QED) is 0.264. The molecule has 0 aliphatic heterocycles. The molecule has 7 rings (SSSR count). The van der Waals surface area contributed by atoms with Crippen molar-refractivity contribution in [2.75, 3.05) is 5.32 Å². The van der Waals surface area contributed by atoms with Crippen molar-refractivity contribution in [3.05, 3.63) is 121 Å². The van der Waals surface area contributed by atoms with E-state index in [2.05, 4.69) is 127 Å². The maximum Gasteiger partial charge on any atom is 0.0440 e. The molecule has 0 amide bonds. The largest absolute Gasteiger partial charge is 0.356 e. The van der Waals surface area contributed by atoms with Gasteiger partial charge in [0, 0.05) is 36.9 Å². The molecule has 0 radical (unpaired) electrons. The van der Waals surface area contributed by atoms with Gasteiger partial charge in [-0.15, -0.1) is 11.3 Å². The second-order valence-corrected chi connectivity index (χ2v) is 9.73. The van der Waals surface area contributed by atoms with Crippen LogP contribution in [-0.4, -0.2) is 0 Å². The van der Waals surface area contributed by atoms with Crippen molar-refractivity contribution in [3.8, 4) is 11.1 Å². The average molecular weight is 452 g/mol. The second-order valence-electron chi connectivity index (χ2n) is 8.68. The molecule has 7 aromatic rings. The Labute approximate surface area is 201 Å². The smallest absolute Gasteiger partial charge is 0.0440 e. The molecule has 0 aliphatic rings. The molecule has 160 valence electrons. The van der Waals surface area contributed by atoms with Crippen molar-refractivity contribution < 1.29 is 0 Å². The summed E-state index contributed by atoms with van der Waals surface area (Å²) in [5.74, 6) is 0. The summed E-state index contributed by atoms with van der Waals surface area (Å²) in [6, 6.07) is 43.5. The number of nitrogens with one attached hydrogen (secondary N) is 1. The first-order valence-electron chi connectivity index (χ1n) is 11.5. The van der Waals surface area contributed by atoms with Gasteiger partial charge in [-0.3, -0.25) is 0 Å². The summed E-state index contributed by atoms with van der Waals surface area (Å²) >= 11 is 1.89. The van der Waals surface area contributed by atoms with Gasteiger partial charge in [-0.2, -0.15) is 0 Å². The Morgan fingerprint density at radius 2 is 1.03 bits per heavy atom. The summed E-state index contributed by atoms with van der Waals surface area (Å²) in [6.45, 7) is 0. The fourth-order valence-corrected chi connectivity index (χ4v) is 6.26. The van der Waals surface area contributed by atoms with Gasteiger partial charge in [-0.25, -0.2) is 0 Å². The van der Waals surface area contributed by atoms with E-state index >= 15 is 0 Å². The maximum absolute atomic E-state index is 3.62. The van der Waals surface area contributed by atoms with Crippen LogP contribution >= 0.6 is 11.3 Å². The Hall–Kier alpha value is -4.14. The van der Waals surface area contributed by atoms with Crippen LogP contribution in [0.15, 0.2) is 121 Å². The normalized spacial score (nSPS) is 11.5. The molecule has 0 saturated carbocycles. The van der Waals surface area contributed by atoms with Crippen LogP contribution in [0.25, 0.3) is 52.8 Å². The lowest BCUT2D eigenvalue weighted by Gasteiger charge is -2.09. The lowest BCUT2D eigenvalue weighted by atomic mass is 9.97. The molecular weight excluding hydrogens is 430 g/mol. The number of anilines is 2. The number of fused-ring (bicyclic) bond motifs is 8. The van der Waals surface area contributed by atoms with Crippen LogP contribution in [0.4, 0.5) is 11.4 Å². The van der Waals surface area contributed by atoms with E-state index in [0.29, 0.717) is 0 Å². The Morgan fingerprint density at radius 3 is 1.79 bits per heavy atom. The van der Waals surface area contributed by atoms with E-state index in [-0.39, 0.29) is 0 Å². The van der Waals surface area contributed by atoms with Crippen molar-refractivity contribution in [1.29, 1.82) is 0 Å². The predicted molar refractivity (Wildman–Crippen MR) is 150 cm³/mol. The Balaban J connectivity index is 1.36. The molecule has 1 heterocycles. The van der Waals surface area contributed by atoms with Gasteiger partial charge >= 0.3 is 0 Å². The zero-order valence-corrected chi connectivity index (χ0v) is 19.3. The Kier molecular flexibility index (Phi) is 4.39. The lowest BCUT2D eigenvalue weighted by molar-refractivity contribution is 1.56. The van der Waals surface area contributed by atoms with E-state index in [0.717, 1.165) is 11.4 Å². The van der Waals surface area contributed by atoms with E-state index in [4.69, 9.17) is 0 Å². The van der Waals surface area contributed by atoms with Gasteiger partial charge in [-0.1, -0.05) is 91.0 Å². The van der Waals surface area contributed by atoms with Crippen LogP contribution < -0.4 is 5.32 Å². The standard InChI is InChI=1S/C32H21NS/c1-2-8-21(9-3-1)22-14-16-23(17-15-22)33-24-18-19-30-29(20-24)31-27-12-6-4-10-25(27)26-11-5-7-13-28(26)32(31)34-30/h1-20,33H. The molecule has 2 heteroatoms. The Morgan fingerprint density at radius 1 is 0.441 bits per heavy atom. The molecule has 0 fully saturated rings. The van der Waals surface area contributed by atoms with Crippen molar-refractivity contribution in [2.24, 2.45) is 0 Å². The first kappa shape index (κ1) is 19.3. The van der Waals surface area contributed by atoms with Gasteiger partial charge in [-0.05, 0) is 57.6 Å². The molecule has 1 N–H and O–H groups in total. The molecule has 0 bridgehead atoms. The number of rotatable bonds is 3. The van der Waals surface area contributed by atoms with E-state index in [1.807, 2.05) is 11.3 Å². The molecule has 0 unspecified atom stereocenters. The highest BCUT2D eigenvalue weighted by molar-refractivity contribution is 7.27. The highest BCUT2D eigenvalue weighted by atomic mass is 32.1. The molecule has 6 aromatic carbocycles. The van der Waals surface area contributed by atoms with Crippen molar-refractivity contribution in [2.45, 2.75) is 0 Å². The Bertz CT molecular complexity index is 1810. The van der Waals surface area contributed by atoms with Crippen molar-refractivity contribution >= 4 is 64.4 Å². The fraction of sp³-hybridized carbons (Fsp3) is 0. The lowest BCUT2D eigenvalue weighted by Crippen LogP contribution is -1.90. The van der Waals surface area contributed by atoms with E-state index < -0.39 is 0 Å². The minimum Gasteiger partial charge on any atom is -0.356 e. The molecule has 0 aliphatic carbocycles. The van der Waals surface area contributed by atoms with Gasteiger partial charge in [0.25, 0.3) is 0 Å². The second kappa shape index (κ2) is 7.72. The zero-order chi connectivity index (χ0) is 22.5. The molecule has 1 nitrogen and oxygen atoms in total. The number of thiophene rings is 1. The van der Waals surface area contributed by atoms with E-state index in [1.165, 1.54) is 52.8 Å². The third kappa shape index (κ3) is 3.07. The number of hydrogen-bond donors (Lipinski definition) is 1. The highest BCUT2D eigenvalue weighted by Gasteiger charge is 2.14. The molecule has 34 heavy (non-hydrogen) atoms. The number of hydrogen-bond acceptors (Lipinski definition) is 2. The summed E-state index contributed by atoms with van der Waals surface area (Å²) < 4.78 is 2.69. The van der Waals surface area contributed by atoms with Crippen LogP contribution in [0.5, 0.6) is 0 Å². The summed E-state index contributed by atoms with van der Waals surface area (Å²) in [5, 5.41) is 11.6. The first-order valence-corrected chi connectivity index (χ1v) is 12.3. The summed E-state index contributed by atoms with van der Waals surface area (Å²) in [5.41, 5.74) is 4.66. The van der Waals surface area contributed by atoms with E-state index in [1.54, 1.807) is 0 Å². The molecule has 1 aromatic heterocycles. The van der Waals surface area contributed by atoms with Crippen molar-refractivity contribution in [3.63, 3.8) is 0 Å². The summed E-state index contributed by atoms with van der Waals surface area (Å²) in [4.78, 5) is 0. The minimum atomic E-state index is 1.09. The van der Waals surface area contributed by atoms with Crippen LogP contribution in [0.1, 0.15) is 0 Å². The summed E-state index contributed by atoms with van der Waals surface area (Å²) in [7, 11) is 0. The van der Waals surface area contributed by atoms with Crippen molar-refractivity contribution in [1.82, 2.24) is 0 Å². The highest BCUT2D eigenvalue weighted by Crippen LogP contribution is 2.44. The third-order valence-corrected chi connectivity index (χ3v) is 7.83. The maximum atomic E-state index is 3.62. The van der Waals surface area contributed by atoms with Gasteiger partial charge in [0.05, 0.1) is 0 Å². The number of benzene rings is 6. The topological polar surface area (TPSA) is 12.0 Å². The van der Waals surface area contributed by atoms with Crippen LogP contribution in [0.3, 0.4) is 0 Å². The first-order chi connectivity index (χ1) is 16.8. The molecular formula is C32H21NS. The van der Waals surface area contributed by atoms with E-state index in [9.17, 15) is 0 Å². The summed E-state index contributed by atoms with van der Waals surface area (Å²) in [6.07, 6.45) is 0. The molecule has 0 atom stereocenters. The predicted octanol–water partition coefficient (Wildman–Crippen LogP) is 9.77.